The standard InChI is InChI=1S/C10H13FO4S/c1-8-2-4-10(5-3-8)16(13,14)15-7-9(12)6-11/h2-5,9,12H,6-7H2,1H3/t9-/m0/s1. The Balaban J connectivity index is 2.74. The quantitative estimate of drug-likeness (QED) is 0.790. The Morgan fingerprint density at radius 1 is 1.38 bits per heavy atom. The SMILES string of the molecule is Cc1ccc(S(=O)(=O)OC[C@@H](O)CF)cc1. The van der Waals surface area contributed by atoms with Gasteiger partial charge < -0.3 is 5.11 Å². The highest BCUT2D eigenvalue weighted by Gasteiger charge is 2.16. The molecule has 0 aliphatic heterocycles. The second-order valence-corrected chi connectivity index (χ2v) is 4.98. The molecule has 0 radical (unpaired) electrons. The van der Waals surface area contributed by atoms with Crippen molar-refractivity contribution < 1.29 is 22.1 Å². The first-order chi connectivity index (χ1) is 7.45. The van der Waals surface area contributed by atoms with Gasteiger partial charge >= 0.3 is 0 Å². The first-order valence-corrected chi connectivity index (χ1v) is 6.06. The zero-order valence-electron chi connectivity index (χ0n) is 8.76. The minimum Gasteiger partial charge on any atom is -0.388 e. The molecule has 1 aromatic carbocycles. The maximum Gasteiger partial charge on any atom is 0.297 e. The average molecular weight is 248 g/mol. The van der Waals surface area contributed by atoms with Gasteiger partial charge in [0, 0.05) is 0 Å². The minimum absolute atomic E-state index is 0.0100. The number of aryl methyl sites for hydroxylation is 1. The maximum atomic E-state index is 11.9. The van der Waals surface area contributed by atoms with Crippen LogP contribution in [0.1, 0.15) is 5.56 Å². The summed E-state index contributed by atoms with van der Waals surface area (Å²) in [6.45, 7) is 0.209. The summed E-state index contributed by atoms with van der Waals surface area (Å²) in [5.74, 6) is 0. The van der Waals surface area contributed by atoms with E-state index in [1.165, 1.54) is 12.1 Å². The van der Waals surface area contributed by atoms with E-state index in [-0.39, 0.29) is 4.90 Å². The van der Waals surface area contributed by atoms with Crippen molar-refractivity contribution in [1.29, 1.82) is 0 Å². The molecule has 0 amide bonds. The highest BCUT2D eigenvalue weighted by Crippen LogP contribution is 2.13. The van der Waals surface area contributed by atoms with Crippen molar-refractivity contribution in [2.45, 2.75) is 17.9 Å². The highest BCUT2D eigenvalue weighted by atomic mass is 32.2. The van der Waals surface area contributed by atoms with Gasteiger partial charge in [-0.1, -0.05) is 17.7 Å². The number of rotatable bonds is 5. The molecule has 1 aromatic rings. The number of hydrogen-bond donors (Lipinski definition) is 1. The molecule has 6 heteroatoms. The van der Waals surface area contributed by atoms with E-state index in [1.807, 2.05) is 6.92 Å². The van der Waals surface area contributed by atoms with Crippen LogP contribution in [-0.2, 0) is 14.3 Å². The number of hydrogen-bond acceptors (Lipinski definition) is 4. The Hall–Kier alpha value is -0.980. The third-order valence-electron chi connectivity index (χ3n) is 1.90. The second kappa shape index (κ2) is 5.38. The van der Waals surface area contributed by atoms with E-state index in [0.717, 1.165) is 5.56 Å². The van der Waals surface area contributed by atoms with Crippen molar-refractivity contribution in [2.24, 2.45) is 0 Å². The van der Waals surface area contributed by atoms with E-state index >= 15 is 0 Å². The summed E-state index contributed by atoms with van der Waals surface area (Å²) < 4.78 is 39.4. The normalized spacial score (nSPS) is 13.7. The van der Waals surface area contributed by atoms with Gasteiger partial charge in [-0.05, 0) is 19.1 Å². The van der Waals surface area contributed by atoms with Crippen LogP contribution in [0.3, 0.4) is 0 Å². The molecule has 16 heavy (non-hydrogen) atoms. The smallest absolute Gasteiger partial charge is 0.297 e. The van der Waals surface area contributed by atoms with E-state index in [4.69, 9.17) is 5.11 Å². The molecule has 1 atom stereocenters. The van der Waals surface area contributed by atoms with Crippen LogP contribution in [0, 0.1) is 6.92 Å². The van der Waals surface area contributed by atoms with Crippen LogP contribution in [0.15, 0.2) is 29.2 Å². The number of halogens is 1. The lowest BCUT2D eigenvalue weighted by molar-refractivity contribution is 0.0868. The summed E-state index contributed by atoms with van der Waals surface area (Å²) in [6.07, 6.45) is -1.42. The first-order valence-electron chi connectivity index (χ1n) is 4.66. The summed E-state index contributed by atoms with van der Waals surface area (Å²) in [5, 5.41) is 8.85. The number of aliphatic hydroxyl groups excluding tert-OH is 1. The topological polar surface area (TPSA) is 63.6 Å². The molecule has 0 fully saturated rings. The molecule has 0 bridgehead atoms. The van der Waals surface area contributed by atoms with Crippen molar-refractivity contribution in [3.8, 4) is 0 Å². The molecule has 0 heterocycles. The number of aliphatic hydroxyl groups is 1. The lowest BCUT2D eigenvalue weighted by Gasteiger charge is -2.08. The summed E-state index contributed by atoms with van der Waals surface area (Å²) in [6, 6.07) is 6.04. The zero-order chi connectivity index (χ0) is 12.2. The monoisotopic (exact) mass is 248 g/mol. The van der Waals surface area contributed by atoms with Crippen molar-refractivity contribution in [1.82, 2.24) is 0 Å². The Labute approximate surface area is 93.8 Å². The van der Waals surface area contributed by atoms with Gasteiger partial charge in [0.25, 0.3) is 10.1 Å². The van der Waals surface area contributed by atoms with Gasteiger partial charge in [0.1, 0.15) is 12.8 Å². The molecular weight excluding hydrogens is 235 g/mol. The zero-order valence-corrected chi connectivity index (χ0v) is 9.58. The number of benzene rings is 1. The predicted octanol–water partition coefficient (Wildman–Crippen LogP) is 1.03. The third-order valence-corrected chi connectivity index (χ3v) is 3.20. The predicted molar refractivity (Wildman–Crippen MR) is 56.3 cm³/mol. The van der Waals surface area contributed by atoms with Crippen LogP contribution in [0.4, 0.5) is 4.39 Å². The van der Waals surface area contributed by atoms with Gasteiger partial charge in [-0.15, -0.1) is 0 Å². The lowest BCUT2D eigenvalue weighted by Crippen LogP contribution is -2.20. The van der Waals surface area contributed by atoms with Gasteiger partial charge in [-0.3, -0.25) is 4.18 Å². The molecule has 0 aromatic heterocycles. The third kappa shape index (κ3) is 3.55. The number of alkyl halides is 1. The maximum absolute atomic E-state index is 11.9. The first kappa shape index (κ1) is 13.1. The van der Waals surface area contributed by atoms with E-state index in [9.17, 15) is 12.8 Å². The molecular formula is C10H13FO4S. The fraction of sp³-hybridized carbons (Fsp3) is 0.400. The van der Waals surface area contributed by atoms with E-state index in [2.05, 4.69) is 4.18 Å². The fourth-order valence-electron chi connectivity index (χ4n) is 0.986. The van der Waals surface area contributed by atoms with Gasteiger partial charge in [0.2, 0.25) is 0 Å². The molecule has 0 aliphatic rings. The molecule has 1 N–H and O–H groups in total. The van der Waals surface area contributed by atoms with Gasteiger partial charge in [-0.25, -0.2) is 4.39 Å². The highest BCUT2D eigenvalue weighted by molar-refractivity contribution is 7.86. The van der Waals surface area contributed by atoms with Gasteiger partial charge in [0.05, 0.1) is 11.5 Å². The summed E-state index contributed by atoms with van der Waals surface area (Å²) >= 11 is 0. The fourth-order valence-corrected chi connectivity index (χ4v) is 1.93. The van der Waals surface area contributed by atoms with Crippen LogP contribution < -0.4 is 0 Å². The van der Waals surface area contributed by atoms with Crippen molar-refractivity contribution >= 4 is 10.1 Å². The van der Waals surface area contributed by atoms with Crippen molar-refractivity contribution in [2.75, 3.05) is 13.3 Å². The van der Waals surface area contributed by atoms with Crippen LogP contribution >= 0.6 is 0 Å². The summed E-state index contributed by atoms with van der Waals surface area (Å²) in [5.41, 5.74) is 0.919. The molecule has 0 saturated heterocycles. The van der Waals surface area contributed by atoms with Crippen LogP contribution in [0.5, 0.6) is 0 Å². The molecule has 0 spiro atoms. The Kier molecular flexibility index (Phi) is 4.40. The summed E-state index contributed by atoms with van der Waals surface area (Å²) in [4.78, 5) is -0.0100. The molecule has 1 rings (SSSR count). The minimum atomic E-state index is -3.91. The van der Waals surface area contributed by atoms with Gasteiger partial charge in [0.15, 0.2) is 0 Å². The molecule has 4 nitrogen and oxygen atoms in total. The van der Waals surface area contributed by atoms with Crippen LogP contribution in [0.25, 0.3) is 0 Å². The van der Waals surface area contributed by atoms with E-state index in [0.29, 0.717) is 0 Å². The summed E-state index contributed by atoms with van der Waals surface area (Å²) in [7, 11) is -3.91. The van der Waals surface area contributed by atoms with Crippen molar-refractivity contribution in [3.63, 3.8) is 0 Å². The van der Waals surface area contributed by atoms with Crippen LogP contribution in [-0.4, -0.2) is 32.9 Å². The Morgan fingerprint density at radius 3 is 2.44 bits per heavy atom. The Morgan fingerprint density at radius 2 is 1.94 bits per heavy atom. The molecule has 90 valence electrons. The second-order valence-electron chi connectivity index (χ2n) is 3.36. The molecule has 0 unspecified atom stereocenters. The van der Waals surface area contributed by atoms with Gasteiger partial charge in [-0.2, -0.15) is 8.42 Å². The van der Waals surface area contributed by atoms with E-state index in [1.54, 1.807) is 12.1 Å². The Bertz CT molecular complexity index is 427. The van der Waals surface area contributed by atoms with Crippen molar-refractivity contribution in [3.05, 3.63) is 29.8 Å². The largest absolute Gasteiger partial charge is 0.388 e. The van der Waals surface area contributed by atoms with Crippen LogP contribution in [0.2, 0.25) is 0 Å². The van der Waals surface area contributed by atoms with E-state index < -0.39 is 29.5 Å². The molecule has 0 saturated carbocycles. The lowest BCUT2D eigenvalue weighted by atomic mass is 10.2. The average Bonchev–Trinajstić information content (AvgIpc) is 2.26. The molecule has 0 aliphatic carbocycles.